The van der Waals surface area contributed by atoms with Crippen LogP contribution < -0.4 is 14.8 Å². The molecule has 0 saturated carbocycles. The number of rotatable bonds is 7. The van der Waals surface area contributed by atoms with Crippen molar-refractivity contribution in [1.82, 2.24) is 5.32 Å². The quantitative estimate of drug-likeness (QED) is 0.760. The second-order valence-electron chi connectivity index (χ2n) is 6.43. The van der Waals surface area contributed by atoms with Crippen molar-refractivity contribution in [2.45, 2.75) is 32.7 Å². The predicted molar refractivity (Wildman–Crippen MR) is 95.5 cm³/mol. The van der Waals surface area contributed by atoms with Crippen LogP contribution in [0.4, 0.5) is 13.2 Å². The van der Waals surface area contributed by atoms with Crippen LogP contribution in [-0.4, -0.2) is 19.4 Å². The molecule has 2 aromatic rings. The number of hydrogen-bond acceptors (Lipinski definition) is 3. The first-order valence-corrected chi connectivity index (χ1v) is 8.46. The third-order valence-corrected chi connectivity index (χ3v) is 3.98. The van der Waals surface area contributed by atoms with Gasteiger partial charge >= 0.3 is 6.36 Å². The smallest absolute Gasteiger partial charge is 0.497 e. The van der Waals surface area contributed by atoms with Gasteiger partial charge in [-0.05, 0) is 41.3 Å². The average Bonchev–Trinajstić information content (AvgIpc) is 2.60. The third kappa shape index (κ3) is 6.51. The lowest BCUT2D eigenvalue weighted by Crippen LogP contribution is -2.32. The van der Waals surface area contributed by atoms with Gasteiger partial charge in [0.05, 0.1) is 19.6 Å². The molecule has 1 atom stereocenters. The van der Waals surface area contributed by atoms with Crippen molar-refractivity contribution in [3.63, 3.8) is 0 Å². The first kappa shape index (κ1) is 20.6. The maximum Gasteiger partial charge on any atom is 0.573 e. The Bertz CT molecular complexity index is 741. The topological polar surface area (TPSA) is 47.6 Å². The maximum atomic E-state index is 12.4. The van der Waals surface area contributed by atoms with Gasteiger partial charge < -0.3 is 14.8 Å². The first-order valence-electron chi connectivity index (χ1n) is 8.46. The average molecular weight is 381 g/mol. The molecule has 1 amide bonds. The van der Waals surface area contributed by atoms with Gasteiger partial charge in [0.2, 0.25) is 5.91 Å². The van der Waals surface area contributed by atoms with Crippen molar-refractivity contribution in [1.29, 1.82) is 0 Å². The highest BCUT2D eigenvalue weighted by atomic mass is 19.4. The molecule has 146 valence electrons. The van der Waals surface area contributed by atoms with Crippen LogP contribution in [0.15, 0.2) is 48.5 Å². The Kier molecular flexibility index (Phi) is 6.71. The Morgan fingerprint density at radius 3 is 2.04 bits per heavy atom. The van der Waals surface area contributed by atoms with Crippen LogP contribution in [0.25, 0.3) is 0 Å². The normalized spacial score (nSPS) is 12.6. The fourth-order valence-corrected chi connectivity index (χ4v) is 2.66. The van der Waals surface area contributed by atoms with Crippen LogP contribution in [0.2, 0.25) is 0 Å². The van der Waals surface area contributed by atoms with Gasteiger partial charge in [-0.3, -0.25) is 4.79 Å². The fraction of sp³-hybridized carbons (Fsp3) is 0.350. The summed E-state index contributed by atoms with van der Waals surface area (Å²) in [6, 6.07) is 12.5. The minimum absolute atomic E-state index is 0.0612. The maximum absolute atomic E-state index is 12.4. The number of benzene rings is 2. The Balaban J connectivity index is 2.01. The molecule has 4 nitrogen and oxygen atoms in total. The number of amides is 1. The largest absolute Gasteiger partial charge is 0.573 e. The molecule has 0 aliphatic carbocycles. The number of carbonyl (C=O) groups is 1. The zero-order valence-corrected chi connectivity index (χ0v) is 15.3. The molecule has 0 aliphatic rings. The molecular weight excluding hydrogens is 359 g/mol. The van der Waals surface area contributed by atoms with Crippen molar-refractivity contribution >= 4 is 5.91 Å². The lowest BCUT2D eigenvalue weighted by Gasteiger charge is -2.23. The van der Waals surface area contributed by atoms with Gasteiger partial charge in [0.1, 0.15) is 11.5 Å². The van der Waals surface area contributed by atoms with E-state index in [2.05, 4.69) is 10.1 Å². The Morgan fingerprint density at radius 2 is 1.56 bits per heavy atom. The molecule has 2 aromatic carbocycles. The van der Waals surface area contributed by atoms with E-state index in [1.54, 1.807) is 7.11 Å². The van der Waals surface area contributed by atoms with Crippen LogP contribution in [0.3, 0.4) is 0 Å². The van der Waals surface area contributed by atoms with Gasteiger partial charge in [0, 0.05) is 0 Å². The summed E-state index contributed by atoms with van der Waals surface area (Å²) in [5.74, 6) is 0.359. The standard InChI is InChI=1S/C20H22F3NO3/c1-13(2)19(15-6-10-16(26-3)11-7-15)24-18(25)12-14-4-8-17(9-5-14)27-20(21,22)23/h4-11,13,19H,12H2,1-3H3,(H,24,25). The van der Waals surface area contributed by atoms with Crippen LogP contribution in [0.5, 0.6) is 11.5 Å². The van der Waals surface area contributed by atoms with Crippen LogP contribution in [-0.2, 0) is 11.2 Å². The highest BCUT2D eigenvalue weighted by Gasteiger charge is 2.31. The monoisotopic (exact) mass is 381 g/mol. The molecule has 0 aromatic heterocycles. The summed E-state index contributed by atoms with van der Waals surface area (Å²) < 4.78 is 45.5. The number of ether oxygens (including phenoxy) is 2. The summed E-state index contributed by atoms with van der Waals surface area (Å²) in [7, 11) is 1.59. The molecular formula is C20H22F3NO3. The molecule has 2 rings (SSSR count). The Labute approximate surface area is 156 Å². The lowest BCUT2D eigenvalue weighted by molar-refractivity contribution is -0.274. The summed E-state index contributed by atoms with van der Waals surface area (Å²) in [4.78, 5) is 12.4. The predicted octanol–water partition coefficient (Wildman–Crippen LogP) is 4.65. The minimum atomic E-state index is -4.73. The third-order valence-electron chi connectivity index (χ3n) is 3.98. The molecule has 0 heterocycles. The summed E-state index contributed by atoms with van der Waals surface area (Å²) >= 11 is 0. The summed E-state index contributed by atoms with van der Waals surface area (Å²) in [5.41, 5.74) is 1.55. The van der Waals surface area contributed by atoms with Crippen molar-refractivity contribution < 1.29 is 27.4 Å². The molecule has 0 spiro atoms. The highest BCUT2D eigenvalue weighted by Crippen LogP contribution is 2.25. The Hall–Kier alpha value is -2.70. The van der Waals surface area contributed by atoms with E-state index in [0.717, 1.165) is 11.3 Å². The zero-order valence-electron chi connectivity index (χ0n) is 15.3. The van der Waals surface area contributed by atoms with Crippen LogP contribution >= 0.6 is 0 Å². The first-order chi connectivity index (χ1) is 12.7. The molecule has 0 fully saturated rings. The molecule has 0 bridgehead atoms. The van der Waals surface area contributed by atoms with Gasteiger partial charge in [0.25, 0.3) is 0 Å². The van der Waals surface area contributed by atoms with E-state index in [4.69, 9.17) is 4.74 Å². The van der Waals surface area contributed by atoms with Gasteiger partial charge in [-0.15, -0.1) is 13.2 Å². The van der Waals surface area contributed by atoms with E-state index in [1.165, 1.54) is 24.3 Å². The minimum Gasteiger partial charge on any atom is -0.497 e. The molecule has 0 saturated heterocycles. The zero-order chi connectivity index (χ0) is 20.0. The van der Waals surface area contributed by atoms with E-state index in [1.807, 2.05) is 38.1 Å². The van der Waals surface area contributed by atoms with Gasteiger partial charge in [0.15, 0.2) is 0 Å². The molecule has 1 unspecified atom stereocenters. The molecule has 7 heteroatoms. The number of nitrogens with one attached hydrogen (secondary N) is 1. The van der Waals surface area contributed by atoms with Crippen molar-refractivity contribution in [3.8, 4) is 11.5 Å². The van der Waals surface area contributed by atoms with Crippen LogP contribution in [0.1, 0.15) is 31.0 Å². The highest BCUT2D eigenvalue weighted by molar-refractivity contribution is 5.79. The van der Waals surface area contributed by atoms with E-state index < -0.39 is 6.36 Å². The number of methoxy groups -OCH3 is 1. The summed E-state index contributed by atoms with van der Waals surface area (Å²) in [5, 5.41) is 2.98. The number of halogens is 3. The fourth-order valence-electron chi connectivity index (χ4n) is 2.66. The van der Waals surface area contributed by atoms with E-state index in [-0.39, 0.29) is 30.0 Å². The van der Waals surface area contributed by atoms with Gasteiger partial charge in [-0.2, -0.15) is 0 Å². The van der Waals surface area contributed by atoms with Gasteiger partial charge in [-0.25, -0.2) is 0 Å². The lowest BCUT2D eigenvalue weighted by atomic mass is 9.95. The second-order valence-corrected chi connectivity index (χ2v) is 6.43. The molecule has 0 radical (unpaired) electrons. The van der Waals surface area contributed by atoms with Crippen molar-refractivity contribution in [2.75, 3.05) is 7.11 Å². The molecule has 0 aliphatic heterocycles. The summed E-state index contributed by atoms with van der Waals surface area (Å²) in [6.45, 7) is 4.00. The molecule has 27 heavy (non-hydrogen) atoms. The van der Waals surface area contributed by atoms with Gasteiger partial charge in [-0.1, -0.05) is 38.1 Å². The van der Waals surface area contributed by atoms with Crippen LogP contribution in [0, 0.1) is 5.92 Å². The van der Waals surface area contributed by atoms with E-state index >= 15 is 0 Å². The number of hydrogen-bond donors (Lipinski definition) is 1. The SMILES string of the molecule is COc1ccc(C(NC(=O)Cc2ccc(OC(F)(F)F)cc2)C(C)C)cc1. The van der Waals surface area contributed by atoms with Crippen molar-refractivity contribution in [2.24, 2.45) is 5.92 Å². The second kappa shape index (κ2) is 8.79. The number of carbonyl (C=O) groups excluding carboxylic acids is 1. The molecule has 1 N–H and O–H groups in total. The van der Waals surface area contributed by atoms with E-state index in [9.17, 15) is 18.0 Å². The number of alkyl halides is 3. The van der Waals surface area contributed by atoms with Crippen molar-refractivity contribution in [3.05, 3.63) is 59.7 Å². The summed E-state index contributed by atoms with van der Waals surface area (Å²) in [6.07, 6.45) is -4.67. The Morgan fingerprint density at radius 1 is 1.00 bits per heavy atom. The van der Waals surface area contributed by atoms with E-state index in [0.29, 0.717) is 5.56 Å².